The molecule has 0 atom stereocenters. The van der Waals surface area contributed by atoms with Gasteiger partial charge < -0.3 is 29.4 Å². The molecule has 0 bridgehead atoms. The molecule has 2 aliphatic heterocycles. The number of nitrogens with one attached hydrogen (secondary N) is 3. The van der Waals surface area contributed by atoms with E-state index in [4.69, 9.17) is 14.2 Å². The highest BCUT2D eigenvalue weighted by Crippen LogP contribution is 2.31. The number of aromatic amines is 1. The molecule has 2 amide bonds. The van der Waals surface area contributed by atoms with Gasteiger partial charge in [-0.15, -0.1) is 0 Å². The summed E-state index contributed by atoms with van der Waals surface area (Å²) in [5.74, 6) is 1.35. The van der Waals surface area contributed by atoms with Crippen molar-refractivity contribution in [2.24, 2.45) is 0 Å². The van der Waals surface area contributed by atoms with Crippen molar-refractivity contribution >= 4 is 34.4 Å². The minimum Gasteiger partial charge on any atom is -0.476 e. The maximum atomic E-state index is 13.0. The van der Waals surface area contributed by atoms with E-state index in [0.29, 0.717) is 50.6 Å². The van der Waals surface area contributed by atoms with Crippen LogP contribution >= 0.6 is 0 Å². The molecule has 3 aliphatic rings. The number of benzene rings is 1. The number of rotatable bonds is 7. The lowest BCUT2D eigenvalue weighted by molar-refractivity contribution is 0.0320. The van der Waals surface area contributed by atoms with Crippen molar-refractivity contribution in [3.05, 3.63) is 35.5 Å². The van der Waals surface area contributed by atoms with Crippen molar-refractivity contribution in [3.8, 4) is 5.88 Å². The molecule has 0 radical (unpaired) electrons. The maximum Gasteiger partial charge on any atom is 0.324 e. The van der Waals surface area contributed by atoms with E-state index in [1.165, 1.54) is 29.5 Å². The quantitative estimate of drug-likeness (QED) is 0.435. The van der Waals surface area contributed by atoms with Gasteiger partial charge in [0.05, 0.1) is 26.4 Å². The fourth-order valence-corrected chi connectivity index (χ4v) is 5.32. The molecule has 3 aromatic rings. The third-order valence-corrected chi connectivity index (χ3v) is 7.34. The normalized spacial score (nSPS) is 18.3. The maximum absolute atomic E-state index is 13.0. The van der Waals surface area contributed by atoms with Crippen molar-refractivity contribution < 1.29 is 19.0 Å². The van der Waals surface area contributed by atoms with Crippen LogP contribution in [0.3, 0.4) is 0 Å². The van der Waals surface area contributed by atoms with Crippen LogP contribution in [-0.2, 0) is 22.3 Å². The first-order chi connectivity index (χ1) is 18.7. The zero-order chi connectivity index (χ0) is 25.7. The summed E-state index contributed by atoms with van der Waals surface area (Å²) >= 11 is 0. The summed E-state index contributed by atoms with van der Waals surface area (Å²) in [7, 11) is 0. The number of hydrogen-bond donors (Lipinski definition) is 3. The van der Waals surface area contributed by atoms with Crippen LogP contribution in [0.5, 0.6) is 5.88 Å². The number of hydrogen-bond acceptors (Lipinski definition) is 8. The summed E-state index contributed by atoms with van der Waals surface area (Å²) in [6, 6.07) is 7.32. The van der Waals surface area contributed by atoms with E-state index in [1.54, 1.807) is 6.07 Å². The molecular formula is C27H35N7O4. The van der Waals surface area contributed by atoms with Crippen molar-refractivity contribution in [2.45, 2.75) is 25.7 Å². The molecule has 1 aromatic carbocycles. The Balaban J connectivity index is 1.15. The molecular weight excluding hydrogens is 486 g/mol. The van der Waals surface area contributed by atoms with Gasteiger partial charge in [-0.3, -0.25) is 10.2 Å². The fourth-order valence-electron chi connectivity index (χ4n) is 5.32. The van der Waals surface area contributed by atoms with Gasteiger partial charge in [-0.25, -0.2) is 4.79 Å². The average molecular weight is 522 g/mol. The van der Waals surface area contributed by atoms with Crippen molar-refractivity contribution in [1.29, 1.82) is 0 Å². The largest absolute Gasteiger partial charge is 0.476 e. The van der Waals surface area contributed by atoms with Crippen LogP contribution in [-0.4, -0.2) is 91.6 Å². The first-order valence-electron chi connectivity index (χ1n) is 13.6. The Labute approximate surface area is 221 Å². The van der Waals surface area contributed by atoms with Gasteiger partial charge in [0.25, 0.3) is 0 Å². The number of carbonyl (C=O) groups excluding carboxylic acids is 1. The van der Waals surface area contributed by atoms with E-state index in [9.17, 15) is 4.79 Å². The Morgan fingerprint density at radius 1 is 0.974 bits per heavy atom. The summed E-state index contributed by atoms with van der Waals surface area (Å²) in [4.78, 5) is 30.1. The predicted molar refractivity (Wildman–Crippen MR) is 145 cm³/mol. The number of H-pyrrole nitrogens is 1. The molecule has 38 heavy (non-hydrogen) atoms. The summed E-state index contributed by atoms with van der Waals surface area (Å²) in [6.45, 7) is 7.16. The van der Waals surface area contributed by atoms with Crippen LogP contribution in [0.2, 0.25) is 0 Å². The molecule has 202 valence electrons. The number of urea groups is 1. The van der Waals surface area contributed by atoms with E-state index in [-0.39, 0.29) is 6.03 Å². The van der Waals surface area contributed by atoms with Crippen LogP contribution in [0.15, 0.2) is 24.3 Å². The number of aryl methyl sites for hydroxylation is 2. The molecule has 6 rings (SSSR count). The molecule has 0 spiro atoms. The van der Waals surface area contributed by atoms with E-state index in [0.717, 1.165) is 56.9 Å². The Hall–Kier alpha value is -3.41. The molecule has 2 fully saturated rings. The lowest BCUT2D eigenvalue weighted by atomic mass is 9.95. The molecule has 2 aromatic heterocycles. The van der Waals surface area contributed by atoms with Gasteiger partial charge in [-0.05, 0) is 49.4 Å². The fraction of sp³-hybridized carbons (Fsp3) is 0.519. The monoisotopic (exact) mass is 521 g/mol. The highest BCUT2D eigenvalue weighted by Gasteiger charge is 2.19. The summed E-state index contributed by atoms with van der Waals surface area (Å²) in [5.41, 5.74) is 4.56. The minimum absolute atomic E-state index is 0.361. The van der Waals surface area contributed by atoms with Crippen molar-refractivity contribution in [1.82, 2.24) is 19.9 Å². The average Bonchev–Trinajstić information content (AvgIpc) is 3.32. The number of ether oxygens (including phenoxy) is 3. The second-order valence-electron chi connectivity index (χ2n) is 9.92. The van der Waals surface area contributed by atoms with E-state index >= 15 is 0 Å². The highest BCUT2D eigenvalue weighted by molar-refractivity contribution is 6.01. The molecule has 1 aliphatic carbocycles. The second-order valence-corrected chi connectivity index (χ2v) is 9.92. The highest BCUT2D eigenvalue weighted by atomic mass is 16.5. The van der Waals surface area contributed by atoms with Crippen LogP contribution in [0.25, 0.3) is 10.9 Å². The third kappa shape index (κ3) is 5.85. The number of fused-ring (bicyclic) bond motifs is 3. The molecule has 4 heterocycles. The third-order valence-electron chi connectivity index (χ3n) is 7.34. The van der Waals surface area contributed by atoms with Crippen LogP contribution in [0.1, 0.15) is 24.1 Å². The number of carbonyl (C=O) groups is 1. The number of amides is 2. The van der Waals surface area contributed by atoms with Crippen LogP contribution in [0, 0.1) is 0 Å². The summed E-state index contributed by atoms with van der Waals surface area (Å²) in [5, 5.41) is 7.03. The first kappa shape index (κ1) is 24.9. The molecule has 11 nitrogen and oxygen atoms in total. The van der Waals surface area contributed by atoms with E-state index in [1.807, 2.05) is 17.0 Å². The van der Waals surface area contributed by atoms with Crippen molar-refractivity contribution in [2.75, 3.05) is 81.3 Å². The van der Waals surface area contributed by atoms with Gasteiger partial charge in [0.1, 0.15) is 12.4 Å². The van der Waals surface area contributed by atoms with Gasteiger partial charge in [-0.1, -0.05) is 0 Å². The van der Waals surface area contributed by atoms with Gasteiger partial charge in [-0.2, -0.15) is 9.97 Å². The second kappa shape index (κ2) is 11.5. The Kier molecular flexibility index (Phi) is 7.56. The summed E-state index contributed by atoms with van der Waals surface area (Å²) < 4.78 is 16.9. The van der Waals surface area contributed by atoms with Crippen LogP contribution < -0.4 is 20.3 Å². The minimum atomic E-state index is -0.361. The van der Waals surface area contributed by atoms with E-state index in [2.05, 4.69) is 36.6 Å². The standard InChI is InChI=1S/C27H35N7O4/c35-27(28-19-5-6-23-21(17-19)20-3-1-2-4-22(20)29-23)31-24-18-25(38-16-9-33-7-12-36-13-8-33)32-26(30-24)34-10-14-37-15-11-34/h5-6,17-18,29H,1-4,7-16H2,(H2,28,30,31,32,35). The zero-order valence-corrected chi connectivity index (χ0v) is 21.6. The van der Waals surface area contributed by atoms with Gasteiger partial charge in [0.15, 0.2) is 0 Å². The van der Waals surface area contributed by atoms with Crippen molar-refractivity contribution in [3.63, 3.8) is 0 Å². The Morgan fingerprint density at radius 3 is 2.61 bits per heavy atom. The molecule has 0 unspecified atom stereocenters. The van der Waals surface area contributed by atoms with Crippen LogP contribution in [0.4, 0.5) is 22.2 Å². The SMILES string of the molecule is O=C(Nc1ccc2[nH]c3c(c2c1)CCCC3)Nc1cc(OCCN2CCOCC2)nc(N2CCOCC2)n1. The Bertz CT molecular complexity index is 1270. The lowest BCUT2D eigenvalue weighted by Gasteiger charge is -2.28. The Morgan fingerprint density at radius 2 is 1.76 bits per heavy atom. The number of morpholine rings is 2. The number of anilines is 3. The van der Waals surface area contributed by atoms with Gasteiger partial charge in [0.2, 0.25) is 11.8 Å². The summed E-state index contributed by atoms with van der Waals surface area (Å²) in [6.07, 6.45) is 4.58. The number of nitrogens with zero attached hydrogens (tertiary/aromatic N) is 4. The smallest absolute Gasteiger partial charge is 0.324 e. The lowest BCUT2D eigenvalue weighted by Crippen LogP contribution is -2.39. The first-order valence-corrected chi connectivity index (χ1v) is 13.6. The van der Waals surface area contributed by atoms with Gasteiger partial charge in [0, 0.05) is 61.1 Å². The molecule has 2 saturated heterocycles. The molecule has 11 heteroatoms. The molecule has 0 saturated carbocycles. The van der Waals surface area contributed by atoms with Gasteiger partial charge >= 0.3 is 6.03 Å². The zero-order valence-electron chi connectivity index (χ0n) is 21.6. The predicted octanol–water partition coefficient (Wildman–Crippen LogP) is 3.03. The topological polar surface area (TPSA) is 117 Å². The number of aromatic nitrogens is 3. The van der Waals surface area contributed by atoms with E-state index < -0.39 is 0 Å². The molecule has 3 N–H and O–H groups in total.